The minimum atomic E-state index is -1.16. The average Bonchev–Trinajstić information content (AvgIpc) is 2.27. The summed E-state index contributed by atoms with van der Waals surface area (Å²) in [5.74, 6) is -0.390. The first-order valence-electron chi connectivity index (χ1n) is 5.86. The van der Waals surface area contributed by atoms with Crippen molar-refractivity contribution in [1.82, 2.24) is 0 Å². The monoisotopic (exact) mass is 248 g/mol. The molecule has 0 amide bonds. The number of aliphatic carboxylic acids is 1. The Morgan fingerprint density at radius 1 is 1.50 bits per heavy atom. The largest absolute Gasteiger partial charge is 0.548 e. The van der Waals surface area contributed by atoms with E-state index in [1.807, 2.05) is 6.26 Å². The molecule has 4 nitrogen and oxygen atoms in total. The highest BCUT2D eigenvalue weighted by Gasteiger charge is 2.09. The molecule has 0 aromatic heterocycles. The highest BCUT2D eigenvalue weighted by Crippen LogP contribution is 2.13. The topological polar surface area (TPSA) is 93.8 Å². The molecule has 0 bridgehead atoms. The minimum Gasteiger partial charge on any atom is -0.548 e. The van der Waals surface area contributed by atoms with Crippen molar-refractivity contribution in [2.75, 3.05) is 12.0 Å². The number of carboxylic acid groups (broad SMARTS) is 1. The van der Waals surface area contributed by atoms with E-state index >= 15 is 0 Å². The fourth-order valence-electron chi connectivity index (χ4n) is 1.55. The Labute approximate surface area is 102 Å². The van der Waals surface area contributed by atoms with Gasteiger partial charge in [-0.15, -0.1) is 0 Å². The van der Waals surface area contributed by atoms with Crippen molar-refractivity contribution in [3.8, 4) is 0 Å². The smallest absolute Gasteiger partial charge is 0.0843 e. The Morgan fingerprint density at radius 2 is 2.06 bits per heavy atom. The van der Waals surface area contributed by atoms with E-state index in [-0.39, 0.29) is 0 Å². The molecule has 0 radical (unpaired) electrons. The van der Waals surface area contributed by atoms with Gasteiger partial charge in [-0.1, -0.05) is 6.42 Å². The van der Waals surface area contributed by atoms with Gasteiger partial charge in [0.2, 0.25) is 0 Å². The van der Waals surface area contributed by atoms with E-state index in [2.05, 4.69) is 5.73 Å². The third kappa shape index (κ3) is 9.00. The lowest BCUT2D eigenvalue weighted by Crippen LogP contribution is -2.61. The van der Waals surface area contributed by atoms with Crippen molar-refractivity contribution in [2.45, 2.75) is 50.6 Å². The number of nitrogens with two attached hydrogens (primary N) is 1. The molecule has 1 aliphatic rings. The van der Waals surface area contributed by atoms with Crippen LogP contribution >= 0.6 is 11.8 Å². The van der Waals surface area contributed by atoms with Gasteiger partial charge in [-0.25, -0.2) is 0 Å². The van der Waals surface area contributed by atoms with Gasteiger partial charge >= 0.3 is 0 Å². The second kappa shape index (κ2) is 9.93. The normalized spacial score (nSPS) is 18.4. The van der Waals surface area contributed by atoms with Crippen LogP contribution in [0.1, 0.15) is 38.5 Å². The van der Waals surface area contributed by atoms with Crippen LogP contribution in [-0.2, 0) is 4.79 Å². The fourth-order valence-corrected chi connectivity index (χ4v) is 2.04. The molecule has 1 fully saturated rings. The molecule has 0 spiro atoms. The zero-order valence-corrected chi connectivity index (χ0v) is 10.9. The molecule has 5 heteroatoms. The maximum Gasteiger partial charge on any atom is 0.0843 e. The molecule has 5 N–H and O–H groups in total. The third-order valence-corrected chi connectivity index (χ3v) is 3.30. The number of hydrogen-bond acceptors (Lipinski definition) is 4. The van der Waals surface area contributed by atoms with Crippen molar-refractivity contribution < 1.29 is 15.6 Å². The van der Waals surface area contributed by atoms with Gasteiger partial charge in [0.15, 0.2) is 0 Å². The first-order chi connectivity index (χ1) is 7.57. The van der Waals surface area contributed by atoms with Gasteiger partial charge in [0.05, 0.1) is 12.0 Å². The van der Waals surface area contributed by atoms with Crippen molar-refractivity contribution in [3.63, 3.8) is 0 Å². The number of carbonyl (C=O) groups excluding carboxylic acids is 1. The van der Waals surface area contributed by atoms with Crippen LogP contribution in [0, 0.1) is 0 Å². The van der Waals surface area contributed by atoms with Crippen molar-refractivity contribution in [2.24, 2.45) is 5.73 Å². The summed E-state index contributed by atoms with van der Waals surface area (Å²) in [5, 5.41) is 9.96. The van der Waals surface area contributed by atoms with E-state index in [1.165, 1.54) is 32.1 Å². The van der Waals surface area contributed by atoms with Gasteiger partial charge in [-0.05, 0) is 44.1 Å². The van der Waals surface area contributed by atoms with Crippen LogP contribution in [0.15, 0.2) is 0 Å². The van der Waals surface area contributed by atoms with Gasteiger partial charge in [0.25, 0.3) is 0 Å². The van der Waals surface area contributed by atoms with E-state index in [4.69, 9.17) is 5.73 Å². The zero-order valence-electron chi connectivity index (χ0n) is 10.1. The predicted octanol–water partition coefficient (Wildman–Crippen LogP) is -0.622. The molecule has 0 aromatic rings. The van der Waals surface area contributed by atoms with Crippen LogP contribution in [0.3, 0.4) is 0 Å². The highest BCUT2D eigenvalue weighted by molar-refractivity contribution is 7.98. The fraction of sp³-hybridized carbons (Fsp3) is 0.909. The second-order valence-electron chi connectivity index (χ2n) is 4.21. The lowest BCUT2D eigenvalue weighted by molar-refractivity contribution is -0.425. The van der Waals surface area contributed by atoms with Crippen LogP contribution in [0.5, 0.6) is 0 Å². The number of thioether (sulfide) groups is 1. The summed E-state index contributed by atoms with van der Waals surface area (Å²) in [6.07, 6.45) is 9.44. The van der Waals surface area contributed by atoms with E-state index in [0.717, 1.165) is 11.8 Å². The summed E-state index contributed by atoms with van der Waals surface area (Å²) in [6.45, 7) is 0. The molecular weight excluding hydrogens is 224 g/mol. The quantitative estimate of drug-likeness (QED) is 0.693. The minimum absolute atomic E-state index is 0.490. The van der Waals surface area contributed by atoms with E-state index in [0.29, 0.717) is 6.42 Å². The molecule has 1 rings (SSSR count). The maximum absolute atomic E-state index is 9.96. The van der Waals surface area contributed by atoms with Crippen LogP contribution < -0.4 is 16.6 Å². The number of quaternary nitrogens is 1. The lowest BCUT2D eigenvalue weighted by Gasteiger charge is -2.12. The number of rotatable bonds is 4. The first kappa shape index (κ1) is 15.7. The van der Waals surface area contributed by atoms with Gasteiger partial charge < -0.3 is 21.4 Å². The Balaban J connectivity index is 0.000000288. The van der Waals surface area contributed by atoms with E-state index in [1.54, 1.807) is 11.8 Å². The Kier molecular flexibility index (Phi) is 9.77. The molecule has 0 saturated heterocycles. The Bertz CT molecular complexity index is 185. The molecule has 1 aliphatic carbocycles. The summed E-state index contributed by atoms with van der Waals surface area (Å²) in [4.78, 5) is 9.96. The number of carboxylic acids is 1. The van der Waals surface area contributed by atoms with Crippen molar-refractivity contribution in [1.29, 1.82) is 0 Å². The maximum atomic E-state index is 9.96. The summed E-state index contributed by atoms with van der Waals surface area (Å²) in [5.41, 5.74) is 9.12. The Hall–Kier alpha value is -0.260. The highest BCUT2D eigenvalue weighted by atomic mass is 32.2. The average molecular weight is 248 g/mol. The molecule has 0 aromatic carbocycles. The van der Waals surface area contributed by atoms with Crippen molar-refractivity contribution in [3.05, 3.63) is 0 Å². The molecule has 16 heavy (non-hydrogen) atoms. The first-order valence-corrected chi connectivity index (χ1v) is 7.25. The number of hydrogen-bond donors (Lipinski definition) is 2. The molecule has 1 saturated carbocycles. The SMILES string of the molecule is CSCC[C@H](N)C(=O)[O-].[NH3+]C1CCCCC1. The Morgan fingerprint density at radius 3 is 2.38 bits per heavy atom. The van der Waals surface area contributed by atoms with Gasteiger partial charge in [0, 0.05) is 6.04 Å². The third-order valence-electron chi connectivity index (χ3n) is 2.66. The van der Waals surface area contributed by atoms with Crippen molar-refractivity contribution >= 4 is 17.7 Å². The second-order valence-corrected chi connectivity index (χ2v) is 5.20. The van der Waals surface area contributed by atoms with Gasteiger partial charge in [-0.2, -0.15) is 11.8 Å². The number of carbonyl (C=O) groups is 1. The van der Waals surface area contributed by atoms with Crippen LogP contribution in [0.4, 0.5) is 0 Å². The predicted molar refractivity (Wildman–Crippen MR) is 65.7 cm³/mol. The summed E-state index contributed by atoms with van der Waals surface area (Å²) >= 11 is 1.58. The molecule has 0 heterocycles. The summed E-state index contributed by atoms with van der Waals surface area (Å²) in [6, 6.07) is -0.00815. The van der Waals surface area contributed by atoms with Crippen LogP contribution in [0.2, 0.25) is 0 Å². The molecule has 1 atom stereocenters. The lowest BCUT2D eigenvalue weighted by atomic mass is 9.97. The molecule has 96 valence electrons. The summed E-state index contributed by atoms with van der Waals surface area (Å²) in [7, 11) is 0. The van der Waals surface area contributed by atoms with Crippen LogP contribution in [-0.4, -0.2) is 30.1 Å². The van der Waals surface area contributed by atoms with E-state index in [9.17, 15) is 9.90 Å². The van der Waals surface area contributed by atoms with Crippen LogP contribution in [0.25, 0.3) is 0 Å². The zero-order chi connectivity index (χ0) is 12.4. The van der Waals surface area contributed by atoms with Gasteiger partial charge in [-0.3, -0.25) is 0 Å². The molecular formula is C11H24N2O2S. The molecule has 0 aliphatic heterocycles. The summed E-state index contributed by atoms with van der Waals surface area (Å²) < 4.78 is 0. The van der Waals surface area contributed by atoms with Gasteiger partial charge in [0.1, 0.15) is 0 Å². The standard InChI is InChI=1S/C6H13N.C5H11NO2S/c7-6-4-2-1-3-5-6;1-9-3-2-4(6)5(7)8/h6H,1-5,7H2;4H,2-3,6H2,1H3,(H,7,8)/t;4-/m.0/s1. The molecule has 0 unspecified atom stereocenters. The van der Waals surface area contributed by atoms with E-state index < -0.39 is 12.0 Å².